The maximum atomic E-state index is 12.1. The van der Waals surface area contributed by atoms with E-state index < -0.39 is 0 Å². The SMILES string of the molecule is CCCNC(=O)c1sc(NCC2CCCC2)c(OC)c1N. The Balaban J connectivity index is 2.07. The molecule has 6 heteroatoms. The highest BCUT2D eigenvalue weighted by atomic mass is 32.1. The summed E-state index contributed by atoms with van der Waals surface area (Å²) < 4.78 is 5.37. The van der Waals surface area contributed by atoms with Gasteiger partial charge in [-0.1, -0.05) is 19.8 Å². The summed E-state index contributed by atoms with van der Waals surface area (Å²) in [5.74, 6) is 1.20. The van der Waals surface area contributed by atoms with E-state index in [2.05, 4.69) is 10.6 Å². The van der Waals surface area contributed by atoms with Gasteiger partial charge in [-0.2, -0.15) is 0 Å². The van der Waals surface area contributed by atoms with Crippen molar-refractivity contribution in [2.24, 2.45) is 5.92 Å². The first-order valence-corrected chi connectivity index (χ1v) is 8.47. The molecule has 5 nitrogen and oxygen atoms in total. The van der Waals surface area contributed by atoms with E-state index in [1.165, 1.54) is 37.0 Å². The Bertz CT molecular complexity index is 482. The van der Waals surface area contributed by atoms with Crippen LogP contribution in [0.3, 0.4) is 0 Å². The molecule has 1 heterocycles. The van der Waals surface area contributed by atoms with Crippen molar-refractivity contribution in [3.63, 3.8) is 0 Å². The zero-order chi connectivity index (χ0) is 15.2. The molecule has 1 aliphatic rings. The third-order valence-corrected chi connectivity index (χ3v) is 5.01. The molecule has 0 spiro atoms. The molecular formula is C15H25N3O2S. The lowest BCUT2D eigenvalue weighted by molar-refractivity contribution is 0.0958. The van der Waals surface area contributed by atoms with Crippen LogP contribution in [0.15, 0.2) is 0 Å². The third kappa shape index (κ3) is 3.81. The second kappa shape index (κ2) is 7.54. The Morgan fingerprint density at radius 1 is 1.43 bits per heavy atom. The van der Waals surface area contributed by atoms with Crippen LogP contribution < -0.4 is 21.1 Å². The number of hydrogen-bond donors (Lipinski definition) is 3. The van der Waals surface area contributed by atoms with Gasteiger partial charge in [-0.3, -0.25) is 4.79 Å². The molecule has 1 aliphatic carbocycles. The number of anilines is 2. The minimum absolute atomic E-state index is 0.119. The van der Waals surface area contributed by atoms with Crippen LogP contribution in [0.1, 0.15) is 48.7 Å². The lowest BCUT2D eigenvalue weighted by Gasteiger charge is -2.11. The van der Waals surface area contributed by atoms with Gasteiger partial charge in [0.05, 0.1) is 7.11 Å². The first-order valence-electron chi connectivity index (χ1n) is 7.65. The lowest BCUT2D eigenvalue weighted by Crippen LogP contribution is -2.23. The van der Waals surface area contributed by atoms with Gasteiger partial charge in [0, 0.05) is 13.1 Å². The second-order valence-electron chi connectivity index (χ2n) is 5.49. The summed E-state index contributed by atoms with van der Waals surface area (Å²) in [5, 5.41) is 7.14. The van der Waals surface area contributed by atoms with E-state index >= 15 is 0 Å². The average Bonchev–Trinajstić information content (AvgIpc) is 3.10. The van der Waals surface area contributed by atoms with Crippen LogP contribution in [0.25, 0.3) is 0 Å². The van der Waals surface area contributed by atoms with Crippen LogP contribution in [0.4, 0.5) is 10.7 Å². The zero-order valence-corrected chi connectivity index (χ0v) is 13.6. The second-order valence-corrected chi connectivity index (χ2v) is 6.52. The van der Waals surface area contributed by atoms with Crippen molar-refractivity contribution in [2.75, 3.05) is 31.2 Å². The molecule has 0 atom stereocenters. The number of rotatable bonds is 7. The third-order valence-electron chi connectivity index (χ3n) is 3.87. The molecule has 0 bridgehead atoms. The molecule has 0 saturated heterocycles. The van der Waals surface area contributed by atoms with Crippen molar-refractivity contribution in [3.8, 4) is 5.75 Å². The van der Waals surface area contributed by atoms with Gasteiger partial charge in [-0.15, -0.1) is 11.3 Å². The highest BCUT2D eigenvalue weighted by Gasteiger charge is 2.22. The van der Waals surface area contributed by atoms with E-state index in [4.69, 9.17) is 10.5 Å². The number of thiophene rings is 1. The van der Waals surface area contributed by atoms with Crippen LogP contribution in [0, 0.1) is 5.92 Å². The van der Waals surface area contributed by atoms with E-state index in [0.29, 0.717) is 22.9 Å². The van der Waals surface area contributed by atoms with Crippen molar-refractivity contribution in [1.82, 2.24) is 5.32 Å². The predicted octanol–water partition coefficient (Wildman–Crippen LogP) is 3.08. The Morgan fingerprint density at radius 2 is 2.14 bits per heavy atom. The van der Waals surface area contributed by atoms with E-state index in [-0.39, 0.29) is 5.91 Å². The summed E-state index contributed by atoms with van der Waals surface area (Å²) >= 11 is 1.38. The zero-order valence-electron chi connectivity index (χ0n) is 12.8. The number of methoxy groups -OCH3 is 1. The molecule has 1 aromatic rings. The van der Waals surface area contributed by atoms with Gasteiger partial charge < -0.3 is 21.1 Å². The molecule has 1 saturated carbocycles. The largest absolute Gasteiger partial charge is 0.492 e. The summed E-state index contributed by atoms with van der Waals surface area (Å²) in [7, 11) is 1.59. The number of nitrogen functional groups attached to an aromatic ring is 1. The van der Waals surface area contributed by atoms with E-state index in [1.54, 1.807) is 7.11 Å². The molecule has 4 N–H and O–H groups in total. The minimum Gasteiger partial charge on any atom is -0.492 e. The smallest absolute Gasteiger partial charge is 0.263 e. The van der Waals surface area contributed by atoms with Crippen molar-refractivity contribution in [2.45, 2.75) is 39.0 Å². The van der Waals surface area contributed by atoms with Gasteiger partial charge in [0.1, 0.15) is 15.6 Å². The maximum Gasteiger partial charge on any atom is 0.263 e. The molecular weight excluding hydrogens is 286 g/mol. The maximum absolute atomic E-state index is 12.1. The number of nitrogens with one attached hydrogen (secondary N) is 2. The van der Waals surface area contributed by atoms with Crippen molar-refractivity contribution in [3.05, 3.63) is 4.88 Å². The first-order chi connectivity index (χ1) is 10.2. The van der Waals surface area contributed by atoms with E-state index in [0.717, 1.165) is 23.9 Å². The van der Waals surface area contributed by atoms with Gasteiger partial charge in [0.2, 0.25) is 0 Å². The molecule has 1 amide bonds. The number of nitrogens with two attached hydrogens (primary N) is 1. The molecule has 2 rings (SSSR count). The quantitative estimate of drug-likeness (QED) is 0.723. The molecule has 21 heavy (non-hydrogen) atoms. The average molecular weight is 311 g/mol. The number of hydrogen-bond acceptors (Lipinski definition) is 5. The fourth-order valence-corrected chi connectivity index (χ4v) is 3.70. The predicted molar refractivity (Wildman–Crippen MR) is 88.4 cm³/mol. The Labute approximate surface area is 130 Å². The highest BCUT2D eigenvalue weighted by Crippen LogP contribution is 2.42. The standard InChI is InChI=1S/C15H25N3O2S/c1-3-8-17-14(19)13-11(16)12(20-2)15(21-13)18-9-10-6-4-5-7-10/h10,18H,3-9,16H2,1-2H3,(H,17,19). The van der Waals surface area contributed by atoms with Crippen molar-refractivity contribution in [1.29, 1.82) is 0 Å². The summed E-state index contributed by atoms with van der Waals surface area (Å²) in [5.41, 5.74) is 6.49. The van der Waals surface area contributed by atoms with Crippen molar-refractivity contribution < 1.29 is 9.53 Å². The van der Waals surface area contributed by atoms with E-state index in [9.17, 15) is 4.79 Å². The first kappa shape index (κ1) is 15.9. The molecule has 0 aliphatic heterocycles. The number of carbonyl (C=O) groups is 1. The molecule has 0 radical (unpaired) electrons. The molecule has 118 valence electrons. The summed E-state index contributed by atoms with van der Waals surface area (Å²) in [6, 6.07) is 0. The van der Waals surface area contributed by atoms with Crippen molar-refractivity contribution >= 4 is 27.9 Å². The fraction of sp³-hybridized carbons (Fsp3) is 0.667. The fourth-order valence-electron chi connectivity index (χ4n) is 2.69. The van der Waals surface area contributed by atoms with Gasteiger partial charge in [-0.25, -0.2) is 0 Å². The minimum atomic E-state index is -0.119. The van der Waals surface area contributed by atoms with Crippen LogP contribution >= 0.6 is 11.3 Å². The Morgan fingerprint density at radius 3 is 2.76 bits per heavy atom. The molecule has 0 aromatic carbocycles. The summed E-state index contributed by atoms with van der Waals surface area (Å²) in [6.07, 6.45) is 6.10. The van der Waals surface area contributed by atoms with Crippen LogP contribution in [-0.4, -0.2) is 26.1 Å². The number of amides is 1. The monoisotopic (exact) mass is 311 g/mol. The summed E-state index contributed by atoms with van der Waals surface area (Å²) in [6.45, 7) is 3.60. The van der Waals surface area contributed by atoms with Crippen LogP contribution in [0.5, 0.6) is 5.75 Å². The van der Waals surface area contributed by atoms with Crippen LogP contribution in [0.2, 0.25) is 0 Å². The topological polar surface area (TPSA) is 76.4 Å². The Hall–Kier alpha value is -1.43. The summed E-state index contributed by atoms with van der Waals surface area (Å²) in [4.78, 5) is 12.6. The molecule has 1 aromatic heterocycles. The molecule has 1 fully saturated rings. The van der Waals surface area contributed by atoms with E-state index in [1.807, 2.05) is 6.92 Å². The van der Waals surface area contributed by atoms with Gasteiger partial charge in [-0.05, 0) is 25.2 Å². The normalized spacial score (nSPS) is 15.1. The van der Waals surface area contributed by atoms with Gasteiger partial charge >= 0.3 is 0 Å². The number of ether oxygens (including phenoxy) is 1. The lowest BCUT2D eigenvalue weighted by atomic mass is 10.1. The van der Waals surface area contributed by atoms with Gasteiger partial charge in [0.25, 0.3) is 5.91 Å². The molecule has 0 unspecified atom stereocenters. The Kier molecular flexibility index (Phi) is 5.73. The van der Waals surface area contributed by atoms with Gasteiger partial charge in [0.15, 0.2) is 5.75 Å². The number of carbonyl (C=O) groups excluding carboxylic acids is 1. The van der Waals surface area contributed by atoms with Crippen LogP contribution in [-0.2, 0) is 0 Å². The highest BCUT2D eigenvalue weighted by molar-refractivity contribution is 7.19.